The highest BCUT2D eigenvalue weighted by molar-refractivity contribution is 5.75. The van der Waals surface area contributed by atoms with Gasteiger partial charge >= 0.3 is 5.97 Å². The molecule has 1 saturated carbocycles. The van der Waals surface area contributed by atoms with Gasteiger partial charge in [-0.25, -0.2) is 0 Å². The lowest BCUT2D eigenvalue weighted by atomic mass is 9.86. The van der Waals surface area contributed by atoms with Crippen LogP contribution in [-0.2, 0) is 11.3 Å². The second-order valence-corrected chi connectivity index (χ2v) is 5.04. The molecule has 1 aliphatic carbocycles. The van der Waals surface area contributed by atoms with Crippen molar-refractivity contribution in [3.8, 4) is 0 Å². The minimum absolute atomic E-state index is 0.540. The standard InChI is InChI=1S/C13H19NO3/c1-14(9-11-5-4-8-17-11)10-13(12(15)16)6-2-3-7-13/h4-5,8H,2-3,6-7,9-10H2,1H3,(H,15,16). The van der Waals surface area contributed by atoms with Gasteiger partial charge in [0.1, 0.15) is 5.76 Å². The summed E-state index contributed by atoms with van der Waals surface area (Å²) in [6.07, 6.45) is 5.29. The van der Waals surface area contributed by atoms with E-state index in [1.54, 1.807) is 6.26 Å². The topological polar surface area (TPSA) is 53.7 Å². The number of hydrogen-bond donors (Lipinski definition) is 1. The monoisotopic (exact) mass is 237 g/mol. The third kappa shape index (κ3) is 2.69. The lowest BCUT2D eigenvalue weighted by Crippen LogP contribution is -2.39. The zero-order valence-corrected chi connectivity index (χ0v) is 10.2. The number of carboxylic acid groups (broad SMARTS) is 1. The van der Waals surface area contributed by atoms with Crippen molar-refractivity contribution < 1.29 is 14.3 Å². The van der Waals surface area contributed by atoms with Gasteiger partial charge in [-0.1, -0.05) is 12.8 Å². The van der Waals surface area contributed by atoms with Crippen molar-refractivity contribution in [2.45, 2.75) is 32.2 Å². The summed E-state index contributed by atoms with van der Waals surface area (Å²) in [7, 11) is 1.95. The highest BCUT2D eigenvalue weighted by atomic mass is 16.4. The Bertz CT molecular complexity index is 366. The lowest BCUT2D eigenvalue weighted by molar-refractivity contribution is -0.149. The Balaban J connectivity index is 1.96. The molecule has 1 N–H and O–H groups in total. The van der Waals surface area contributed by atoms with Crippen LogP contribution in [0.3, 0.4) is 0 Å². The summed E-state index contributed by atoms with van der Waals surface area (Å²) >= 11 is 0. The number of furan rings is 1. The Labute approximate surface area is 101 Å². The average molecular weight is 237 g/mol. The van der Waals surface area contributed by atoms with Crippen LogP contribution < -0.4 is 0 Å². The SMILES string of the molecule is CN(Cc1ccco1)CC1(C(=O)O)CCCC1. The summed E-state index contributed by atoms with van der Waals surface area (Å²) in [5.74, 6) is 0.229. The van der Waals surface area contributed by atoms with Crippen molar-refractivity contribution in [2.75, 3.05) is 13.6 Å². The number of carbonyl (C=O) groups is 1. The van der Waals surface area contributed by atoms with Gasteiger partial charge in [0.2, 0.25) is 0 Å². The third-order valence-corrected chi connectivity index (χ3v) is 3.59. The first-order valence-electron chi connectivity index (χ1n) is 6.07. The van der Waals surface area contributed by atoms with Crippen LogP contribution in [0.2, 0.25) is 0 Å². The molecule has 1 fully saturated rings. The molecule has 0 radical (unpaired) electrons. The fourth-order valence-corrected chi connectivity index (χ4v) is 2.73. The maximum atomic E-state index is 11.4. The first kappa shape index (κ1) is 12.2. The van der Waals surface area contributed by atoms with E-state index in [2.05, 4.69) is 0 Å². The van der Waals surface area contributed by atoms with Gasteiger partial charge in [0.15, 0.2) is 0 Å². The minimum atomic E-state index is -0.652. The van der Waals surface area contributed by atoms with E-state index < -0.39 is 11.4 Å². The van der Waals surface area contributed by atoms with E-state index in [9.17, 15) is 9.90 Å². The molecule has 0 atom stereocenters. The summed E-state index contributed by atoms with van der Waals surface area (Å²) in [6, 6.07) is 3.77. The largest absolute Gasteiger partial charge is 0.481 e. The van der Waals surface area contributed by atoms with Crippen molar-refractivity contribution >= 4 is 5.97 Å². The van der Waals surface area contributed by atoms with E-state index >= 15 is 0 Å². The molecule has 0 saturated heterocycles. The molecule has 2 rings (SSSR count). The maximum absolute atomic E-state index is 11.4. The molecule has 94 valence electrons. The van der Waals surface area contributed by atoms with Gasteiger partial charge in [0.25, 0.3) is 0 Å². The average Bonchev–Trinajstić information content (AvgIpc) is 2.89. The fourth-order valence-electron chi connectivity index (χ4n) is 2.73. The molecular weight excluding hydrogens is 218 g/mol. The molecule has 0 spiro atoms. The molecule has 4 nitrogen and oxygen atoms in total. The van der Waals surface area contributed by atoms with Crippen LogP contribution in [0.1, 0.15) is 31.4 Å². The van der Waals surface area contributed by atoms with Crippen molar-refractivity contribution in [3.05, 3.63) is 24.2 Å². The van der Waals surface area contributed by atoms with Crippen LogP contribution in [0, 0.1) is 5.41 Å². The zero-order valence-electron chi connectivity index (χ0n) is 10.2. The smallest absolute Gasteiger partial charge is 0.310 e. The van der Waals surface area contributed by atoms with Crippen LogP contribution in [0.4, 0.5) is 0 Å². The molecule has 1 aliphatic rings. The first-order valence-corrected chi connectivity index (χ1v) is 6.07. The maximum Gasteiger partial charge on any atom is 0.310 e. The number of carboxylic acids is 1. The highest BCUT2D eigenvalue weighted by Crippen LogP contribution is 2.39. The second-order valence-electron chi connectivity index (χ2n) is 5.04. The molecule has 1 aromatic rings. The predicted molar refractivity (Wildman–Crippen MR) is 63.6 cm³/mol. The van der Waals surface area contributed by atoms with E-state index in [1.165, 1.54) is 0 Å². The number of aliphatic carboxylic acids is 1. The van der Waals surface area contributed by atoms with Gasteiger partial charge in [-0.2, -0.15) is 0 Å². The Morgan fingerprint density at radius 2 is 2.24 bits per heavy atom. The first-order chi connectivity index (χ1) is 8.12. The van der Waals surface area contributed by atoms with E-state index in [0.29, 0.717) is 13.1 Å². The predicted octanol–water partition coefficient (Wildman–Crippen LogP) is 2.36. The molecule has 4 heteroatoms. The van der Waals surface area contributed by atoms with E-state index in [4.69, 9.17) is 4.42 Å². The van der Waals surface area contributed by atoms with E-state index in [1.807, 2.05) is 24.1 Å². The quantitative estimate of drug-likeness (QED) is 0.854. The van der Waals surface area contributed by atoms with Crippen LogP contribution in [0.5, 0.6) is 0 Å². The number of rotatable bonds is 5. The fraction of sp³-hybridized carbons (Fsp3) is 0.615. The van der Waals surface area contributed by atoms with Crippen molar-refractivity contribution in [2.24, 2.45) is 5.41 Å². The second kappa shape index (κ2) is 4.92. The molecule has 1 aromatic heterocycles. The van der Waals surface area contributed by atoms with Crippen LogP contribution in [0.25, 0.3) is 0 Å². The molecule has 1 heterocycles. The van der Waals surface area contributed by atoms with Gasteiger partial charge in [-0.15, -0.1) is 0 Å². The molecule has 17 heavy (non-hydrogen) atoms. The summed E-state index contributed by atoms with van der Waals surface area (Å²) in [6.45, 7) is 1.27. The van der Waals surface area contributed by atoms with Crippen molar-refractivity contribution in [3.63, 3.8) is 0 Å². The summed E-state index contributed by atoms with van der Waals surface area (Å²) in [5, 5.41) is 9.39. The third-order valence-electron chi connectivity index (χ3n) is 3.59. The molecule has 0 aromatic carbocycles. The van der Waals surface area contributed by atoms with Gasteiger partial charge in [0.05, 0.1) is 18.2 Å². The Kier molecular flexibility index (Phi) is 3.52. The van der Waals surface area contributed by atoms with Crippen LogP contribution in [0.15, 0.2) is 22.8 Å². The molecule has 0 bridgehead atoms. The summed E-state index contributed by atoms with van der Waals surface area (Å²) < 4.78 is 5.27. The van der Waals surface area contributed by atoms with Gasteiger partial charge in [-0.3, -0.25) is 9.69 Å². The number of nitrogens with zero attached hydrogens (tertiary/aromatic N) is 1. The Morgan fingerprint density at radius 1 is 1.53 bits per heavy atom. The molecule has 0 aliphatic heterocycles. The molecular formula is C13H19NO3. The summed E-state index contributed by atoms with van der Waals surface area (Å²) in [5.41, 5.74) is -0.540. The number of hydrogen-bond acceptors (Lipinski definition) is 3. The Morgan fingerprint density at radius 3 is 2.76 bits per heavy atom. The molecule has 0 unspecified atom stereocenters. The van der Waals surface area contributed by atoms with Crippen LogP contribution in [-0.4, -0.2) is 29.6 Å². The van der Waals surface area contributed by atoms with E-state index in [0.717, 1.165) is 31.4 Å². The van der Waals surface area contributed by atoms with Crippen LogP contribution >= 0.6 is 0 Å². The highest BCUT2D eigenvalue weighted by Gasteiger charge is 2.41. The van der Waals surface area contributed by atoms with Crippen molar-refractivity contribution in [1.82, 2.24) is 4.90 Å². The van der Waals surface area contributed by atoms with Gasteiger partial charge in [0, 0.05) is 6.54 Å². The van der Waals surface area contributed by atoms with Crippen molar-refractivity contribution in [1.29, 1.82) is 0 Å². The Hall–Kier alpha value is -1.29. The minimum Gasteiger partial charge on any atom is -0.481 e. The molecule has 0 amide bonds. The lowest BCUT2D eigenvalue weighted by Gasteiger charge is -2.29. The van der Waals surface area contributed by atoms with E-state index in [-0.39, 0.29) is 0 Å². The van der Waals surface area contributed by atoms with Gasteiger partial charge in [-0.05, 0) is 32.0 Å². The zero-order chi connectivity index (χ0) is 12.3. The normalized spacial score (nSPS) is 18.7. The summed E-state index contributed by atoms with van der Waals surface area (Å²) in [4.78, 5) is 13.5. The van der Waals surface area contributed by atoms with Gasteiger partial charge < -0.3 is 9.52 Å².